The third kappa shape index (κ3) is 3.97. The first kappa shape index (κ1) is 15.8. The van der Waals surface area contributed by atoms with E-state index in [2.05, 4.69) is 5.32 Å². The van der Waals surface area contributed by atoms with Crippen molar-refractivity contribution in [2.75, 3.05) is 20.8 Å². The Labute approximate surface area is 128 Å². The third-order valence-electron chi connectivity index (χ3n) is 3.24. The van der Waals surface area contributed by atoms with Crippen molar-refractivity contribution in [1.82, 2.24) is 5.32 Å². The zero-order valence-electron chi connectivity index (χ0n) is 12.6. The highest BCUT2D eigenvalue weighted by molar-refractivity contribution is 5.97. The lowest BCUT2D eigenvalue weighted by atomic mass is 10.1. The maximum atomic E-state index is 13.1. The fourth-order valence-electron chi connectivity index (χ4n) is 2.09. The first-order valence-electron chi connectivity index (χ1n) is 6.88. The zero-order chi connectivity index (χ0) is 15.9. The molecule has 116 valence electrons. The van der Waals surface area contributed by atoms with Crippen molar-refractivity contribution in [2.45, 2.75) is 6.42 Å². The van der Waals surface area contributed by atoms with E-state index in [9.17, 15) is 9.18 Å². The normalized spacial score (nSPS) is 10.1. The van der Waals surface area contributed by atoms with Gasteiger partial charge in [0, 0.05) is 12.6 Å². The molecule has 5 heteroatoms. The summed E-state index contributed by atoms with van der Waals surface area (Å²) < 4.78 is 23.4. The summed E-state index contributed by atoms with van der Waals surface area (Å²) in [5.41, 5.74) is 1.27. The van der Waals surface area contributed by atoms with Crippen LogP contribution in [0.1, 0.15) is 15.9 Å². The van der Waals surface area contributed by atoms with Crippen LogP contribution in [0.3, 0.4) is 0 Å². The molecule has 1 N–H and O–H groups in total. The minimum absolute atomic E-state index is 0.240. The molecular formula is C17H18FNO3. The number of hydrogen-bond acceptors (Lipinski definition) is 3. The molecule has 2 rings (SSSR count). The van der Waals surface area contributed by atoms with Crippen LogP contribution in [-0.2, 0) is 6.42 Å². The van der Waals surface area contributed by atoms with Gasteiger partial charge >= 0.3 is 0 Å². The number of benzene rings is 2. The summed E-state index contributed by atoms with van der Waals surface area (Å²) in [4.78, 5) is 12.2. The van der Waals surface area contributed by atoms with E-state index in [1.54, 1.807) is 31.4 Å². The predicted molar refractivity (Wildman–Crippen MR) is 82.0 cm³/mol. The summed E-state index contributed by atoms with van der Waals surface area (Å²) in [6.07, 6.45) is 0.558. The molecule has 0 radical (unpaired) electrons. The lowest BCUT2D eigenvalue weighted by Crippen LogP contribution is -2.26. The van der Waals surface area contributed by atoms with Crippen LogP contribution in [0, 0.1) is 5.82 Å². The van der Waals surface area contributed by atoms with Crippen LogP contribution >= 0.6 is 0 Å². The second kappa shape index (κ2) is 7.45. The molecule has 0 spiro atoms. The van der Waals surface area contributed by atoms with Gasteiger partial charge in [0.2, 0.25) is 0 Å². The molecule has 0 aliphatic heterocycles. The van der Waals surface area contributed by atoms with Crippen molar-refractivity contribution in [1.29, 1.82) is 0 Å². The molecule has 0 unspecified atom stereocenters. The van der Waals surface area contributed by atoms with Gasteiger partial charge < -0.3 is 14.8 Å². The minimum atomic E-state index is -0.277. The summed E-state index contributed by atoms with van der Waals surface area (Å²) in [5, 5.41) is 2.80. The van der Waals surface area contributed by atoms with E-state index in [1.165, 1.54) is 19.2 Å². The number of hydrogen-bond donors (Lipinski definition) is 1. The third-order valence-corrected chi connectivity index (χ3v) is 3.24. The van der Waals surface area contributed by atoms with Crippen molar-refractivity contribution >= 4 is 5.91 Å². The van der Waals surface area contributed by atoms with Gasteiger partial charge in [-0.05, 0) is 36.2 Å². The van der Waals surface area contributed by atoms with E-state index in [1.807, 2.05) is 6.07 Å². The smallest absolute Gasteiger partial charge is 0.255 e. The summed E-state index contributed by atoms with van der Waals surface area (Å²) in [7, 11) is 3.05. The number of rotatable bonds is 6. The Hall–Kier alpha value is -2.56. The topological polar surface area (TPSA) is 47.6 Å². The lowest BCUT2D eigenvalue weighted by molar-refractivity contribution is 0.0951. The van der Waals surface area contributed by atoms with Crippen LogP contribution in [0.4, 0.5) is 4.39 Å². The number of carbonyl (C=O) groups excluding carboxylic acids is 1. The Kier molecular flexibility index (Phi) is 5.36. The van der Waals surface area contributed by atoms with Crippen molar-refractivity contribution in [3.63, 3.8) is 0 Å². The zero-order valence-corrected chi connectivity index (χ0v) is 12.6. The molecule has 0 aliphatic rings. The molecule has 0 fully saturated rings. The quantitative estimate of drug-likeness (QED) is 0.892. The van der Waals surface area contributed by atoms with Gasteiger partial charge in [-0.3, -0.25) is 4.79 Å². The van der Waals surface area contributed by atoms with Crippen LogP contribution < -0.4 is 14.8 Å². The molecule has 0 atom stereocenters. The molecule has 2 aromatic carbocycles. The Morgan fingerprint density at radius 3 is 2.64 bits per heavy atom. The lowest BCUT2D eigenvalue weighted by Gasteiger charge is -2.11. The SMILES string of the molecule is COc1ccc(C(=O)NCCc2cccc(F)c2)c(OC)c1. The molecular weight excluding hydrogens is 285 g/mol. The van der Waals surface area contributed by atoms with Crippen LogP contribution in [0.5, 0.6) is 11.5 Å². The van der Waals surface area contributed by atoms with Crippen LogP contribution in [0.15, 0.2) is 42.5 Å². The fraction of sp³-hybridized carbons (Fsp3) is 0.235. The summed E-state index contributed by atoms with van der Waals surface area (Å²) in [6.45, 7) is 0.414. The number of carbonyl (C=O) groups is 1. The first-order chi connectivity index (χ1) is 10.6. The largest absolute Gasteiger partial charge is 0.497 e. The standard InChI is InChI=1S/C17H18FNO3/c1-21-14-6-7-15(16(11-14)22-2)17(20)19-9-8-12-4-3-5-13(18)10-12/h3-7,10-11H,8-9H2,1-2H3,(H,19,20). The maximum Gasteiger partial charge on any atom is 0.255 e. The molecule has 0 saturated carbocycles. The highest BCUT2D eigenvalue weighted by Crippen LogP contribution is 2.24. The highest BCUT2D eigenvalue weighted by Gasteiger charge is 2.12. The van der Waals surface area contributed by atoms with E-state index in [4.69, 9.17) is 9.47 Å². The molecule has 4 nitrogen and oxygen atoms in total. The van der Waals surface area contributed by atoms with E-state index in [0.717, 1.165) is 5.56 Å². The van der Waals surface area contributed by atoms with Gasteiger partial charge in [0.25, 0.3) is 5.91 Å². The van der Waals surface area contributed by atoms with Crippen molar-refractivity contribution in [2.24, 2.45) is 0 Å². The average Bonchev–Trinajstić information content (AvgIpc) is 2.54. The van der Waals surface area contributed by atoms with Crippen molar-refractivity contribution < 1.29 is 18.7 Å². The number of halogens is 1. The van der Waals surface area contributed by atoms with Crippen molar-refractivity contribution in [3.05, 3.63) is 59.4 Å². The van der Waals surface area contributed by atoms with Gasteiger partial charge in [-0.15, -0.1) is 0 Å². The summed E-state index contributed by atoms with van der Waals surface area (Å²) in [6, 6.07) is 11.3. The second-order valence-electron chi connectivity index (χ2n) is 4.70. The predicted octanol–water partition coefficient (Wildman–Crippen LogP) is 2.82. The van der Waals surface area contributed by atoms with Gasteiger partial charge in [-0.25, -0.2) is 4.39 Å². The maximum absolute atomic E-state index is 13.1. The number of ether oxygens (including phenoxy) is 2. The first-order valence-corrected chi connectivity index (χ1v) is 6.88. The Morgan fingerprint density at radius 2 is 1.95 bits per heavy atom. The van der Waals surface area contributed by atoms with Crippen LogP contribution in [-0.4, -0.2) is 26.7 Å². The molecule has 22 heavy (non-hydrogen) atoms. The molecule has 0 bridgehead atoms. The summed E-state index contributed by atoms with van der Waals surface area (Å²) in [5.74, 6) is 0.548. The highest BCUT2D eigenvalue weighted by atomic mass is 19.1. The number of methoxy groups -OCH3 is 2. The number of amides is 1. The van der Waals surface area contributed by atoms with E-state index in [-0.39, 0.29) is 11.7 Å². The van der Waals surface area contributed by atoms with E-state index in [0.29, 0.717) is 30.0 Å². The van der Waals surface area contributed by atoms with Crippen LogP contribution in [0.25, 0.3) is 0 Å². The van der Waals surface area contributed by atoms with Gasteiger partial charge in [0.05, 0.1) is 19.8 Å². The van der Waals surface area contributed by atoms with Gasteiger partial charge in [-0.1, -0.05) is 12.1 Å². The summed E-state index contributed by atoms with van der Waals surface area (Å²) >= 11 is 0. The molecule has 0 heterocycles. The van der Waals surface area contributed by atoms with Crippen LogP contribution in [0.2, 0.25) is 0 Å². The average molecular weight is 303 g/mol. The fourth-order valence-corrected chi connectivity index (χ4v) is 2.09. The molecule has 1 amide bonds. The molecule has 0 saturated heterocycles. The molecule has 0 aromatic heterocycles. The van der Waals surface area contributed by atoms with Gasteiger partial charge in [0.15, 0.2) is 0 Å². The molecule has 0 aliphatic carbocycles. The van der Waals surface area contributed by atoms with Gasteiger partial charge in [-0.2, -0.15) is 0 Å². The molecule has 2 aromatic rings. The minimum Gasteiger partial charge on any atom is -0.497 e. The van der Waals surface area contributed by atoms with Gasteiger partial charge in [0.1, 0.15) is 17.3 Å². The van der Waals surface area contributed by atoms with E-state index < -0.39 is 0 Å². The second-order valence-corrected chi connectivity index (χ2v) is 4.70. The monoisotopic (exact) mass is 303 g/mol. The number of nitrogens with one attached hydrogen (secondary N) is 1. The Balaban J connectivity index is 1.97. The Morgan fingerprint density at radius 1 is 1.14 bits per heavy atom. The Bertz CT molecular complexity index is 658. The van der Waals surface area contributed by atoms with Crippen molar-refractivity contribution in [3.8, 4) is 11.5 Å². The van der Waals surface area contributed by atoms with E-state index >= 15 is 0 Å².